The van der Waals surface area contributed by atoms with Crippen molar-refractivity contribution in [1.29, 1.82) is 10.5 Å². The van der Waals surface area contributed by atoms with Crippen LogP contribution in [-0.2, 0) is 9.59 Å². The minimum absolute atomic E-state index is 0.0402. The van der Waals surface area contributed by atoms with Gasteiger partial charge in [-0.15, -0.1) is 0 Å². The molecule has 0 bridgehead atoms. The van der Waals surface area contributed by atoms with Crippen LogP contribution >= 0.6 is 11.8 Å². The van der Waals surface area contributed by atoms with Crippen LogP contribution in [-0.4, -0.2) is 29.2 Å². The number of ether oxygens (including phenoxy) is 1. The van der Waals surface area contributed by atoms with E-state index in [4.69, 9.17) is 10.5 Å². The van der Waals surface area contributed by atoms with Crippen LogP contribution in [0, 0.1) is 22.7 Å². The fourth-order valence-corrected chi connectivity index (χ4v) is 4.73. The van der Waals surface area contributed by atoms with Crippen LogP contribution < -0.4 is 15.4 Å². The van der Waals surface area contributed by atoms with Crippen LogP contribution in [0.1, 0.15) is 17.5 Å². The monoisotopic (exact) mass is 455 g/mol. The molecule has 4 rings (SSSR count). The summed E-state index contributed by atoms with van der Waals surface area (Å²) in [6.07, 6.45) is -0.0529. The maximum absolute atomic E-state index is 13.1. The summed E-state index contributed by atoms with van der Waals surface area (Å²) in [6, 6.07) is 19.6. The van der Waals surface area contributed by atoms with Crippen LogP contribution in [0.4, 0.5) is 11.5 Å². The number of pyridine rings is 1. The van der Waals surface area contributed by atoms with Gasteiger partial charge in [-0.05, 0) is 29.8 Å². The number of nitrogens with two attached hydrogens (primary N) is 1. The van der Waals surface area contributed by atoms with Gasteiger partial charge in [-0.2, -0.15) is 10.5 Å². The molecule has 1 fully saturated rings. The number of nitrogens with zero attached hydrogens (tertiary/aromatic N) is 4. The maximum atomic E-state index is 13.1. The molecule has 33 heavy (non-hydrogen) atoms. The molecule has 1 saturated heterocycles. The number of benzene rings is 2. The van der Waals surface area contributed by atoms with E-state index in [1.165, 1.54) is 7.11 Å². The lowest BCUT2D eigenvalue weighted by Gasteiger charge is -2.16. The Morgan fingerprint density at radius 3 is 2.33 bits per heavy atom. The zero-order valence-electron chi connectivity index (χ0n) is 17.5. The second-order valence-corrected chi connectivity index (χ2v) is 8.28. The molecule has 0 spiro atoms. The Labute approximate surface area is 194 Å². The van der Waals surface area contributed by atoms with Crippen molar-refractivity contribution in [1.82, 2.24) is 4.98 Å². The number of nitriles is 2. The molecule has 162 valence electrons. The summed E-state index contributed by atoms with van der Waals surface area (Å²) in [6.45, 7) is 0. The number of hydrogen-bond donors (Lipinski definition) is 1. The second-order valence-electron chi connectivity index (χ2n) is 7.09. The Hall–Kier alpha value is -4.34. The Balaban J connectivity index is 1.72. The fraction of sp³-hybridized carbons (Fsp3) is 0.125. The predicted octanol–water partition coefficient (Wildman–Crippen LogP) is 3.51. The number of nitrogen functional groups attached to an aromatic ring is 1. The lowest BCUT2D eigenvalue weighted by molar-refractivity contribution is -0.121. The van der Waals surface area contributed by atoms with E-state index < -0.39 is 11.2 Å². The molecule has 9 heteroatoms. The van der Waals surface area contributed by atoms with Gasteiger partial charge in [0, 0.05) is 12.0 Å². The summed E-state index contributed by atoms with van der Waals surface area (Å²) < 4.78 is 5.12. The number of rotatable bonds is 5. The van der Waals surface area contributed by atoms with E-state index in [-0.39, 0.29) is 34.3 Å². The first-order valence-electron chi connectivity index (χ1n) is 9.85. The lowest BCUT2D eigenvalue weighted by atomic mass is 9.97. The van der Waals surface area contributed by atoms with Crippen molar-refractivity contribution in [2.45, 2.75) is 16.7 Å². The van der Waals surface area contributed by atoms with Gasteiger partial charge in [0.2, 0.25) is 11.8 Å². The molecule has 2 heterocycles. The molecule has 1 aliphatic rings. The van der Waals surface area contributed by atoms with Crippen molar-refractivity contribution >= 4 is 35.1 Å². The van der Waals surface area contributed by atoms with Gasteiger partial charge in [0.05, 0.1) is 23.6 Å². The molecule has 2 amide bonds. The van der Waals surface area contributed by atoms with Gasteiger partial charge < -0.3 is 10.5 Å². The highest BCUT2D eigenvalue weighted by Gasteiger charge is 2.41. The van der Waals surface area contributed by atoms with Crippen molar-refractivity contribution in [3.05, 3.63) is 65.7 Å². The van der Waals surface area contributed by atoms with Gasteiger partial charge in [-0.1, -0.05) is 42.1 Å². The SMILES string of the molecule is COc1ccc(N2C(=O)CC(Sc3nc(N)c(C#N)c(-c4ccccc4)c3C#N)C2=O)cc1. The highest BCUT2D eigenvalue weighted by molar-refractivity contribution is 8.00. The predicted molar refractivity (Wildman–Crippen MR) is 123 cm³/mol. The quantitative estimate of drug-likeness (QED) is 0.578. The summed E-state index contributed by atoms with van der Waals surface area (Å²) in [5.41, 5.74) is 7.71. The van der Waals surface area contributed by atoms with Gasteiger partial charge in [-0.25, -0.2) is 9.88 Å². The molecular formula is C24H17N5O3S. The second kappa shape index (κ2) is 9.03. The number of hydrogen-bond acceptors (Lipinski definition) is 8. The van der Waals surface area contributed by atoms with Crippen molar-refractivity contribution in [2.24, 2.45) is 0 Å². The molecule has 0 saturated carbocycles. The van der Waals surface area contributed by atoms with Crippen LogP contribution in [0.15, 0.2) is 59.6 Å². The number of thioether (sulfide) groups is 1. The summed E-state index contributed by atoms with van der Waals surface area (Å²) in [4.78, 5) is 31.1. The van der Waals surface area contributed by atoms with E-state index in [0.717, 1.165) is 16.7 Å². The van der Waals surface area contributed by atoms with Crippen molar-refractivity contribution < 1.29 is 14.3 Å². The van der Waals surface area contributed by atoms with Crippen molar-refractivity contribution in [3.63, 3.8) is 0 Å². The average molecular weight is 455 g/mol. The van der Waals surface area contributed by atoms with Gasteiger partial charge in [0.25, 0.3) is 0 Å². The Morgan fingerprint density at radius 1 is 1.06 bits per heavy atom. The molecule has 1 unspecified atom stereocenters. The molecule has 0 aliphatic carbocycles. The summed E-state index contributed by atoms with van der Waals surface area (Å²) in [5.74, 6) is -0.203. The summed E-state index contributed by atoms with van der Waals surface area (Å²) in [5, 5.41) is 19.0. The zero-order chi connectivity index (χ0) is 23.5. The van der Waals surface area contributed by atoms with Crippen LogP contribution in [0.25, 0.3) is 11.1 Å². The largest absolute Gasteiger partial charge is 0.497 e. The summed E-state index contributed by atoms with van der Waals surface area (Å²) >= 11 is 1.00. The highest BCUT2D eigenvalue weighted by Crippen LogP contribution is 2.40. The van der Waals surface area contributed by atoms with E-state index in [0.29, 0.717) is 22.6 Å². The minimum atomic E-state index is -0.782. The number of aromatic nitrogens is 1. The van der Waals surface area contributed by atoms with Crippen LogP contribution in [0.2, 0.25) is 0 Å². The smallest absolute Gasteiger partial charge is 0.247 e. The van der Waals surface area contributed by atoms with E-state index >= 15 is 0 Å². The molecule has 0 radical (unpaired) electrons. The molecule has 3 aromatic rings. The number of anilines is 2. The van der Waals surface area contributed by atoms with E-state index in [9.17, 15) is 20.1 Å². The highest BCUT2D eigenvalue weighted by atomic mass is 32.2. The molecule has 1 aliphatic heterocycles. The van der Waals surface area contributed by atoms with E-state index in [2.05, 4.69) is 11.1 Å². The van der Waals surface area contributed by atoms with Gasteiger partial charge in [0.1, 0.15) is 34.3 Å². The first kappa shape index (κ1) is 21.9. The molecule has 8 nitrogen and oxygen atoms in total. The van der Waals surface area contributed by atoms with Gasteiger partial charge in [-0.3, -0.25) is 9.59 Å². The Bertz CT molecular complexity index is 1330. The third-order valence-electron chi connectivity index (χ3n) is 5.17. The Morgan fingerprint density at radius 2 is 1.73 bits per heavy atom. The molecule has 1 atom stereocenters. The zero-order valence-corrected chi connectivity index (χ0v) is 18.3. The number of carbonyl (C=O) groups excluding carboxylic acids is 2. The number of amides is 2. The van der Waals surface area contributed by atoms with Crippen LogP contribution in [0.3, 0.4) is 0 Å². The maximum Gasteiger partial charge on any atom is 0.247 e. The molecular weight excluding hydrogens is 438 g/mol. The summed E-state index contributed by atoms with van der Waals surface area (Å²) in [7, 11) is 1.53. The first-order chi connectivity index (χ1) is 16.0. The number of imide groups is 1. The number of methoxy groups -OCH3 is 1. The minimum Gasteiger partial charge on any atom is -0.497 e. The van der Waals surface area contributed by atoms with E-state index in [1.807, 2.05) is 12.1 Å². The fourth-order valence-electron chi connectivity index (χ4n) is 3.61. The number of carbonyl (C=O) groups is 2. The van der Waals surface area contributed by atoms with Crippen molar-refractivity contribution in [2.75, 3.05) is 17.7 Å². The third-order valence-corrected chi connectivity index (χ3v) is 6.34. The Kier molecular flexibility index (Phi) is 5.99. The van der Waals surface area contributed by atoms with Gasteiger partial charge >= 0.3 is 0 Å². The average Bonchev–Trinajstić information content (AvgIpc) is 3.11. The standard InChI is InChI=1S/C24H17N5O3S/c1-32-16-9-7-15(8-10-16)29-20(30)11-19(24(29)31)33-23-18(13-26)21(14-5-3-2-4-6-14)17(12-25)22(27)28-23/h2-10,19H,11H2,1H3,(H2,27,28). The van der Waals surface area contributed by atoms with Crippen molar-refractivity contribution in [3.8, 4) is 29.0 Å². The topological polar surface area (TPSA) is 133 Å². The third kappa shape index (κ3) is 3.98. The molecule has 2 aromatic carbocycles. The molecule has 1 aromatic heterocycles. The van der Waals surface area contributed by atoms with Gasteiger partial charge in [0.15, 0.2) is 0 Å². The van der Waals surface area contributed by atoms with E-state index in [1.54, 1.807) is 48.5 Å². The van der Waals surface area contributed by atoms with Crippen LogP contribution in [0.5, 0.6) is 5.75 Å². The molecule has 2 N–H and O–H groups in total. The first-order valence-corrected chi connectivity index (χ1v) is 10.7. The lowest BCUT2D eigenvalue weighted by Crippen LogP contribution is -2.31. The normalized spacial score (nSPS) is 15.2.